The Balaban J connectivity index is 1.42. The minimum atomic E-state index is -0.403. The van der Waals surface area contributed by atoms with Crippen LogP contribution >= 0.6 is 11.6 Å². The van der Waals surface area contributed by atoms with Gasteiger partial charge in [-0.05, 0) is 30.3 Å². The third-order valence-corrected chi connectivity index (χ3v) is 3.78. The first kappa shape index (κ1) is 17.9. The quantitative estimate of drug-likeness (QED) is 0.748. The summed E-state index contributed by atoms with van der Waals surface area (Å²) in [5.41, 5.74) is 1.19. The highest BCUT2D eigenvalue weighted by molar-refractivity contribution is 6.30. The molecule has 0 fully saturated rings. The molecule has 0 spiro atoms. The Morgan fingerprint density at radius 2 is 1.73 bits per heavy atom. The molecule has 26 heavy (non-hydrogen) atoms. The second kappa shape index (κ2) is 8.44. The highest BCUT2D eigenvalue weighted by atomic mass is 35.5. The molecule has 0 aliphatic carbocycles. The summed E-state index contributed by atoms with van der Waals surface area (Å²) in [5, 5.41) is 8.55. The molecule has 0 bridgehead atoms. The summed E-state index contributed by atoms with van der Waals surface area (Å²) >= 11 is 5.85. The average Bonchev–Trinajstić information content (AvgIpc) is 2.61. The van der Waals surface area contributed by atoms with Gasteiger partial charge in [0.2, 0.25) is 5.91 Å². The second-order valence-corrected chi connectivity index (χ2v) is 5.98. The lowest BCUT2D eigenvalue weighted by Crippen LogP contribution is -2.31. The lowest BCUT2D eigenvalue weighted by Gasteiger charge is -2.19. The third kappa shape index (κ3) is 5.03. The van der Waals surface area contributed by atoms with Gasteiger partial charge < -0.3 is 25.4 Å². The Hall–Kier alpha value is -2.93. The molecule has 1 aliphatic rings. The summed E-state index contributed by atoms with van der Waals surface area (Å²) in [5.74, 6) is 1.05. The van der Waals surface area contributed by atoms with E-state index in [1.807, 2.05) is 0 Å². The van der Waals surface area contributed by atoms with Crippen molar-refractivity contribution in [2.75, 3.05) is 30.4 Å². The molecule has 0 saturated carbocycles. The number of benzene rings is 2. The van der Waals surface area contributed by atoms with Crippen LogP contribution in [-0.4, -0.2) is 31.7 Å². The van der Waals surface area contributed by atoms with Crippen molar-refractivity contribution in [1.29, 1.82) is 0 Å². The number of ether oxygens (including phenoxy) is 2. The van der Waals surface area contributed by atoms with Gasteiger partial charge in [-0.25, -0.2) is 4.79 Å². The normalized spacial score (nSPS) is 12.2. The van der Waals surface area contributed by atoms with E-state index in [0.717, 1.165) is 0 Å². The molecule has 0 atom stereocenters. The number of nitrogens with one attached hydrogen (secondary N) is 3. The molecule has 3 amide bonds. The molecule has 2 aromatic carbocycles. The molecule has 7 nitrogen and oxygen atoms in total. The zero-order valence-corrected chi connectivity index (χ0v) is 14.6. The van der Waals surface area contributed by atoms with Gasteiger partial charge >= 0.3 is 6.03 Å². The van der Waals surface area contributed by atoms with Crippen LogP contribution in [0.5, 0.6) is 11.5 Å². The fourth-order valence-corrected chi connectivity index (χ4v) is 2.57. The maximum absolute atomic E-state index is 12.0. The Labute approximate surface area is 155 Å². The summed E-state index contributed by atoms with van der Waals surface area (Å²) in [4.78, 5) is 23.8. The van der Waals surface area contributed by atoms with Crippen LogP contribution in [0.2, 0.25) is 5.02 Å². The van der Waals surface area contributed by atoms with E-state index >= 15 is 0 Å². The van der Waals surface area contributed by atoms with Gasteiger partial charge in [0.1, 0.15) is 13.2 Å². The lowest BCUT2D eigenvalue weighted by molar-refractivity contribution is -0.116. The van der Waals surface area contributed by atoms with Crippen LogP contribution in [0.1, 0.15) is 6.42 Å². The van der Waals surface area contributed by atoms with Crippen molar-refractivity contribution in [2.24, 2.45) is 0 Å². The summed E-state index contributed by atoms with van der Waals surface area (Å²) in [6.07, 6.45) is 0.136. The summed E-state index contributed by atoms with van der Waals surface area (Å²) < 4.78 is 10.9. The molecule has 0 radical (unpaired) electrons. The number of carbonyl (C=O) groups is 2. The maximum atomic E-state index is 12.0. The van der Waals surface area contributed by atoms with Crippen molar-refractivity contribution in [3.63, 3.8) is 0 Å². The fourth-order valence-electron chi connectivity index (χ4n) is 2.38. The summed E-state index contributed by atoms with van der Waals surface area (Å²) in [7, 11) is 0. The minimum Gasteiger partial charge on any atom is -0.486 e. The van der Waals surface area contributed by atoms with Crippen molar-refractivity contribution in [2.45, 2.75) is 6.42 Å². The van der Waals surface area contributed by atoms with Gasteiger partial charge in [0.25, 0.3) is 0 Å². The topological polar surface area (TPSA) is 88.7 Å². The van der Waals surface area contributed by atoms with E-state index < -0.39 is 6.03 Å². The van der Waals surface area contributed by atoms with Gasteiger partial charge in [0.05, 0.1) is 0 Å². The van der Waals surface area contributed by atoms with E-state index in [4.69, 9.17) is 21.1 Å². The Morgan fingerprint density at radius 1 is 0.962 bits per heavy atom. The Kier molecular flexibility index (Phi) is 5.80. The fraction of sp³-hybridized carbons (Fsp3) is 0.222. The molecule has 3 N–H and O–H groups in total. The van der Waals surface area contributed by atoms with Gasteiger partial charge in [-0.1, -0.05) is 17.7 Å². The predicted octanol–water partition coefficient (Wildman–Crippen LogP) is 3.26. The smallest absolute Gasteiger partial charge is 0.319 e. The first-order valence-electron chi connectivity index (χ1n) is 8.10. The van der Waals surface area contributed by atoms with Crippen LogP contribution in [0.15, 0.2) is 42.5 Å². The lowest BCUT2D eigenvalue weighted by atomic mass is 10.2. The van der Waals surface area contributed by atoms with Gasteiger partial charge in [0.15, 0.2) is 11.5 Å². The number of fused-ring (bicyclic) bond motifs is 1. The van der Waals surface area contributed by atoms with Gasteiger partial charge in [-0.3, -0.25) is 4.79 Å². The van der Waals surface area contributed by atoms with E-state index in [-0.39, 0.29) is 18.9 Å². The standard InChI is InChI=1S/C18H18ClN3O4/c19-12-2-1-3-13(10-12)22-18(24)20-7-6-17(23)21-14-4-5-15-16(11-14)26-9-8-25-15/h1-5,10-11H,6-9H2,(H,21,23)(H2,20,22,24). The van der Waals surface area contributed by atoms with Crippen molar-refractivity contribution in [1.82, 2.24) is 5.32 Å². The number of hydrogen-bond donors (Lipinski definition) is 3. The van der Waals surface area contributed by atoms with Crippen LogP contribution < -0.4 is 25.4 Å². The number of urea groups is 1. The van der Waals surface area contributed by atoms with Gasteiger partial charge in [-0.15, -0.1) is 0 Å². The molecule has 3 rings (SSSR count). The molecule has 0 aromatic heterocycles. The van der Waals surface area contributed by atoms with E-state index in [2.05, 4.69) is 16.0 Å². The predicted molar refractivity (Wildman–Crippen MR) is 99.2 cm³/mol. The maximum Gasteiger partial charge on any atom is 0.319 e. The average molecular weight is 376 g/mol. The highest BCUT2D eigenvalue weighted by Crippen LogP contribution is 2.32. The van der Waals surface area contributed by atoms with Crippen LogP contribution in [0.4, 0.5) is 16.2 Å². The van der Waals surface area contributed by atoms with Crippen LogP contribution in [-0.2, 0) is 4.79 Å². The largest absolute Gasteiger partial charge is 0.486 e. The highest BCUT2D eigenvalue weighted by Gasteiger charge is 2.13. The Morgan fingerprint density at radius 3 is 2.54 bits per heavy atom. The van der Waals surface area contributed by atoms with E-state index in [1.165, 1.54) is 0 Å². The molecule has 0 unspecified atom stereocenters. The van der Waals surface area contributed by atoms with Crippen molar-refractivity contribution in [3.05, 3.63) is 47.5 Å². The molecule has 1 heterocycles. The number of halogens is 1. The molecule has 1 aliphatic heterocycles. The number of hydrogen-bond acceptors (Lipinski definition) is 4. The van der Waals surface area contributed by atoms with E-state index in [9.17, 15) is 9.59 Å². The van der Waals surface area contributed by atoms with Crippen molar-refractivity contribution in [3.8, 4) is 11.5 Å². The van der Waals surface area contributed by atoms with Crippen LogP contribution in [0.3, 0.4) is 0 Å². The first-order valence-corrected chi connectivity index (χ1v) is 8.48. The molecule has 136 valence electrons. The third-order valence-electron chi connectivity index (χ3n) is 3.55. The van der Waals surface area contributed by atoms with Crippen LogP contribution in [0, 0.1) is 0 Å². The van der Waals surface area contributed by atoms with Crippen molar-refractivity contribution < 1.29 is 19.1 Å². The van der Waals surface area contributed by atoms with Gasteiger partial charge in [0, 0.05) is 35.4 Å². The first-order chi connectivity index (χ1) is 12.6. The minimum absolute atomic E-state index is 0.136. The summed E-state index contributed by atoms with van der Waals surface area (Å²) in [6, 6.07) is 11.6. The zero-order valence-electron chi connectivity index (χ0n) is 13.9. The van der Waals surface area contributed by atoms with Gasteiger partial charge in [-0.2, -0.15) is 0 Å². The zero-order chi connectivity index (χ0) is 18.4. The monoisotopic (exact) mass is 375 g/mol. The molecular weight excluding hydrogens is 358 g/mol. The molecule has 0 saturated heterocycles. The number of amides is 3. The Bertz CT molecular complexity index is 813. The molecular formula is C18H18ClN3O4. The van der Waals surface area contributed by atoms with E-state index in [1.54, 1.807) is 42.5 Å². The molecule has 8 heteroatoms. The molecule has 2 aromatic rings. The SMILES string of the molecule is O=C(CCNC(=O)Nc1cccc(Cl)c1)Nc1ccc2c(c1)OCCO2. The van der Waals surface area contributed by atoms with Crippen molar-refractivity contribution >= 4 is 34.9 Å². The van der Waals surface area contributed by atoms with Crippen LogP contribution in [0.25, 0.3) is 0 Å². The van der Waals surface area contributed by atoms with E-state index in [0.29, 0.717) is 41.1 Å². The number of carbonyl (C=O) groups excluding carboxylic acids is 2. The summed E-state index contributed by atoms with van der Waals surface area (Å²) in [6.45, 7) is 1.19. The number of anilines is 2. The second-order valence-electron chi connectivity index (χ2n) is 5.55. The number of rotatable bonds is 5.